The monoisotopic (exact) mass is 422 g/mol. The first-order chi connectivity index (χ1) is 14.9. The molecule has 162 valence electrons. The summed E-state index contributed by atoms with van der Waals surface area (Å²) in [5.41, 5.74) is 2.48. The quantitative estimate of drug-likeness (QED) is 0.655. The van der Waals surface area contributed by atoms with E-state index in [0.717, 1.165) is 11.1 Å². The maximum Gasteiger partial charge on any atom is 0.312 e. The van der Waals surface area contributed by atoms with Crippen LogP contribution >= 0.6 is 0 Å². The molecule has 0 aliphatic carbocycles. The van der Waals surface area contributed by atoms with E-state index >= 15 is 0 Å². The van der Waals surface area contributed by atoms with Crippen LogP contribution in [0.3, 0.4) is 0 Å². The molecule has 1 heterocycles. The minimum atomic E-state index is -0.871. The van der Waals surface area contributed by atoms with Crippen LogP contribution in [-0.4, -0.2) is 32.2 Å². The van der Waals surface area contributed by atoms with Crippen molar-refractivity contribution in [1.29, 1.82) is 5.26 Å². The number of nitriles is 1. The number of nitrogens with zero attached hydrogens (tertiary/aromatic N) is 2. The summed E-state index contributed by atoms with van der Waals surface area (Å²) in [5, 5.41) is 9.07. The van der Waals surface area contributed by atoms with Crippen LogP contribution in [-0.2, 0) is 14.3 Å². The third kappa shape index (κ3) is 4.64. The van der Waals surface area contributed by atoms with Crippen molar-refractivity contribution in [2.45, 2.75) is 38.8 Å². The number of anilines is 1. The number of aryl methyl sites for hydroxylation is 1. The SMILES string of the molecule is COc1ccc([C@@H]2[C@@H](C(=O)O[C@@H](C)C#N)CCC(=O)N2c2ccc(C)cc2)cc1OC. The Morgan fingerprint density at radius 3 is 2.42 bits per heavy atom. The van der Waals surface area contributed by atoms with Crippen molar-refractivity contribution in [3.05, 3.63) is 53.6 Å². The Labute approximate surface area is 182 Å². The molecule has 0 radical (unpaired) electrons. The number of hydrogen-bond donors (Lipinski definition) is 0. The molecular formula is C24H26N2O5. The van der Waals surface area contributed by atoms with Crippen molar-refractivity contribution in [2.24, 2.45) is 5.92 Å². The van der Waals surface area contributed by atoms with Gasteiger partial charge in [0.15, 0.2) is 17.6 Å². The second-order valence-electron chi connectivity index (χ2n) is 7.51. The van der Waals surface area contributed by atoms with Crippen LogP contribution < -0.4 is 14.4 Å². The molecule has 1 fully saturated rings. The average Bonchev–Trinajstić information content (AvgIpc) is 2.78. The van der Waals surface area contributed by atoms with Gasteiger partial charge in [0.1, 0.15) is 6.07 Å². The second kappa shape index (κ2) is 9.52. The van der Waals surface area contributed by atoms with Gasteiger partial charge < -0.3 is 19.1 Å². The molecule has 31 heavy (non-hydrogen) atoms. The van der Waals surface area contributed by atoms with Gasteiger partial charge in [-0.15, -0.1) is 0 Å². The van der Waals surface area contributed by atoms with Crippen molar-refractivity contribution in [3.8, 4) is 17.6 Å². The van der Waals surface area contributed by atoms with Crippen LogP contribution in [0, 0.1) is 24.2 Å². The average molecular weight is 422 g/mol. The number of piperidine rings is 1. The molecule has 1 aliphatic heterocycles. The first kappa shape index (κ1) is 22.2. The molecule has 0 saturated carbocycles. The molecule has 2 aromatic carbocycles. The van der Waals surface area contributed by atoms with Crippen molar-refractivity contribution < 1.29 is 23.8 Å². The number of carbonyl (C=O) groups excluding carboxylic acids is 2. The smallest absolute Gasteiger partial charge is 0.312 e. The van der Waals surface area contributed by atoms with Crippen molar-refractivity contribution >= 4 is 17.6 Å². The van der Waals surface area contributed by atoms with Gasteiger partial charge in [-0.05, 0) is 50.1 Å². The van der Waals surface area contributed by atoms with E-state index in [9.17, 15) is 9.59 Å². The molecule has 1 amide bonds. The number of ether oxygens (including phenoxy) is 3. The standard InChI is InChI=1S/C24H26N2O5/c1-15-5-8-18(9-6-15)26-22(27)12-10-19(24(28)31-16(2)14-25)23(26)17-7-11-20(29-3)21(13-17)30-4/h5-9,11,13,16,19,23H,10,12H2,1-4H3/t16-,19-,23+/m0/s1. The van der Waals surface area contributed by atoms with Gasteiger partial charge in [-0.25, -0.2) is 0 Å². The highest BCUT2D eigenvalue weighted by atomic mass is 16.5. The summed E-state index contributed by atoms with van der Waals surface area (Å²) >= 11 is 0. The Kier molecular flexibility index (Phi) is 6.81. The number of carbonyl (C=O) groups is 2. The third-order valence-electron chi connectivity index (χ3n) is 5.44. The largest absolute Gasteiger partial charge is 0.493 e. The summed E-state index contributed by atoms with van der Waals surface area (Å²) in [5.74, 6) is -0.167. The van der Waals surface area contributed by atoms with Gasteiger partial charge in [-0.2, -0.15) is 5.26 Å². The predicted molar refractivity (Wildman–Crippen MR) is 115 cm³/mol. The lowest BCUT2D eigenvalue weighted by Gasteiger charge is -2.40. The predicted octanol–water partition coefficient (Wildman–Crippen LogP) is 3.95. The molecule has 0 N–H and O–H groups in total. The van der Waals surface area contributed by atoms with Gasteiger partial charge in [0.25, 0.3) is 0 Å². The van der Waals surface area contributed by atoms with E-state index in [1.165, 1.54) is 14.0 Å². The summed E-state index contributed by atoms with van der Waals surface area (Å²) in [6.45, 7) is 3.49. The molecule has 1 saturated heterocycles. The Morgan fingerprint density at radius 2 is 1.81 bits per heavy atom. The zero-order valence-electron chi connectivity index (χ0n) is 18.1. The summed E-state index contributed by atoms with van der Waals surface area (Å²) in [6.07, 6.45) is -0.334. The van der Waals surface area contributed by atoms with Gasteiger partial charge in [0, 0.05) is 12.1 Å². The molecule has 2 aromatic rings. The lowest BCUT2D eigenvalue weighted by atomic mass is 9.83. The summed E-state index contributed by atoms with van der Waals surface area (Å²) < 4.78 is 16.1. The molecule has 0 unspecified atom stereocenters. The van der Waals surface area contributed by atoms with E-state index in [0.29, 0.717) is 23.6 Å². The van der Waals surface area contributed by atoms with Gasteiger partial charge in [-0.1, -0.05) is 23.8 Å². The van der Waals surface area contributed by atoms with Crippen LogP contribution in [0.4, 0.5) is 5.69 Å². The maximum absolute atomic E-state index is 13.1. The lowest BCUT2D eigenvalue weighted by Crippen LogP contribution is -2.46. The van der Waals surface area contributed by atoms with E-state index in [1.54, 1.807) is 24.1 Å². The number of amides is 1. The fourth-order valence-electron chi connectivity index (χ4n) is 3.86. The van der Waals surface area contributed by atoms with Gasteiger partial charge in [0.2, 0.25) is 5.91 Å². The first-order valence-corrected chi connectivity index (χ1v) is 10.1. The minimum absolute atomic E-state index is 0.0824. The maximum atomic E-state index is 13.1. The van der Waals surface area contributed by atoms with E-state index < -0.39 is 24.0 Å². The Hall–Kier alpha value is -3.53. The Balaban J connectivity index is 2.11. The molecule has 3 rings (SSSR count). The third-order valence-corrected chi connectivity index (χ3v) is 5.44. The molecule has 0 spiro atoms. The van der Waals surface area contributed by atoms with Crippen LogP contribution in [0.5, 0.6) is 11.5 Å². The first-order valence-electron chi connectivity index (χ1n) is 10.1. The number of hydrogen-bond acceptors (Lipinski definition) is 6. The normalized spacial score (nSPS) is 19.3. The number of methoxy groups -OCH3 is 2. The van der Waals surface area contributed by atoms with Crippen molar-refractivity contribution in [2.75, 3.05) is 19.1 Å². The fraction of sp³-hybridized carbons (Fsp3) is 0.375. The van der Waals surface area contributed by atoms with Crippen LogP contribution in [0.2, 0.25) is 0 Å². The molecule has 7 nitrogen and oxygen atoms in total. The second-order valence-corrected chi connectivity index (χ2v) is 7.51. The molecule has 7 heteroatoms. The molecule has 1 aliphatic rings. The van der Waals surface area contributed by atoms with Crippen LogP contribution in [0.15, 0.2) is 42.5 Å². The van der Waals surface area contributed by atoms with E-state index in [2.05, 4.69) is 0 Å². The lowest BCUT2D eigenvalue weighted by molar-refractivity contribution is -0.153. The highest BCUT2D eigenvalue weighted by Crippen LogP contribution is 2.43. The van der Waals surface area contributed by atoms with Crippen molar-refractivity contribution in [3.63, 3.8) is 0 Å². The Morgan fingerprint density at radius 1 is 1.13 bits per heavy atom. The Bertz CT molecular complexity index is 996. The summed E-state index contributed by atoms with van der Waals surface area (Å²) in [6, 6.07) is 14.2. The molecule has 0 bridgehead atoms. The minimum Gasteiger partial charge on any atom is -0.493 e. The van der Waals surface area contributed by atoms with Gasteiger partial charge in [-0.3, -0.25) is 9.59 Å². The molecule has 0 aromatic heterocycles. The zero-order chi connectivity index (χ0) is 22.5. The van der Waals surface area contributed by atoms with E-state index in [-0.39, 0.29) is 12.3 Å². The zero-order valence-corrected chi connectivity index (χ0v) is 18.1. The fourth-order valence-corrected chi connectivity index (χ4v) is 3.86. The van der Waals surface area contributed by atoms with E-state index in [4.69, 9.17) is 19.5 Å². The summed E-state index contributed by atoms with van der Waals surface area (Å²) in [7, 11) is 3.08. The van der Waals surface area contributed by atoms with E-state index in [1.807, 2.05) is 43.3 Å². The highest BCUT2D eigenvalue weighted by molar-refractivity contribution is 5.97. The molecular weight excluding hydrogens is 396 g/mol. The highest BCUT2D eigenvalue weighted by Gasteiger charge is 2.43. The molecule has 3 atom stereocenters. The number of benzene rings is 2. The topological polar surface area (TPSA) is 88.9 Å². The van der Waals surface area contributed by atoms with Crippen LogP contribution in [0.25, 0.3) is 0 Å². The van der Waals surface area contributed by atoms with Crippen molar-refractivity contribution in [1.82, 2.24) is 0 Å². The van der Waals surface area contributed by atoms with Gasteiger partial charge in [0.05, 0.1) is 26.2 Å². The number of esters is 1. The summed E-state index contributed by atoms with van der Waals surface area (Å²) in [4.78, 5) is 27.7. The van der Waals surface area contributed by atoms with Crippen LogP contribution in [0.1, 0.15) is 36.9 Å². The van der Waals surface area contributed by atoms with Gasteiger partial charge >= 0.3 is 5.97 Å². The number of rotatable bonds is 6.